The van der Waals surface area contributed by atoms with Crippen LogP contribution < -0.4 is 30.6 Å². The maximum Gasteiger partial charge on any atom is 3.00 e. The second-order valence-corrected chi connectivity index (χ2v) is 0.750. The largest absolute Gasteiger partial charge is 3.00 e. The second kappa shape index (κ2) is 29.2. The molecule has 0 aliphatic heterocycles. The third-order valence-electron chi connectivity index (χ3n) is 0. The maximum absolute atomic E-state index is 8.33. The fourth-order valence-corrected chi connectivity index (χ4v) is 0. The van der Waals surface area contributed by atoms with Crippen LogP contribution in [0, 0.1) is 0 Å². The summed E-state index contributed by atoms with van der Waals surface area (Å²) in [6, 6.07) is 0. The molecule has 0 fully saturated rings. The summed E-state index contributed by atoms with van der Waals surface area (Å²) < 4.78 is 0. The van der Waals surface area contributed by atoms with Gasteiger partial charge in [0.05, 0.1) is 0 Å². The van der Waals surface area contributed by atoms with E-state index in [9.17, 15) is 0 Å². The van der Waals surface area contributed by atoms with Gasteiger partial charge in [0.25, 0.3) is 0 Å². The Hall–Kier alpha value is -0.908. The predicted molar refractivity (Wildman–Crippen MR) is 39.0 cm³/mol. The van der Waals surface area contributed by atoms with Crippen LogP contribution in [0.4, 0.5) is 14.4 Å². The van der Waals surface area contributed by atoms with E-state index in [1.54, 1.807) is 0 Å². The van der Waals surface area contributed by atoms with Crippen LogP contribution in [-0.2, 0) is 0 Å². The predicted octanol–water partition coefficient (Wildman–Crippen LogP) is -9.55. The topological polar surface area (TPSA) is 190 Å². The number of carboxylic acid groups (broad SMARTS) is 6. The van der Waals surface area contributed by atoms with Gasteiger partial charge in [-0.15, -0.1) is 0 Å². The molecule has 0 aromatic carbocycles. The summed E-state index contributed by atoms with van der Waals surface area (Å²) in [7, 11) is 0. The van der Waals surface area contributed by atoms with Crippen LogP contribution in [0.25, 0.3) is 0 Å². The molecule has 0 aliphatic rings. The van der Waals surface area contributed by atoms with E-state index in [-0.39, 0.29) is 45.7 Å². The Kier molecular flexibility index (Phi) is 71.9. The van der Waals surface area contributed by atoms with Gasteiger partial charge in [-0.05, 0) is 29.4 Å². The molecular formula is C3H4Al2O9Si. The molecule has 0 rings (SSSR count). The molecule has 9 nitrogen and oxygen atoms in total. The first-order valence-electron chi connectivity index (χ1n) is 1.84. The van der Waals surface area contributed by atoms with Gasteiger partial charge in [-0.1, -0.05) is 0 Å². The third kappa shape index (κ3) is 1950. The average Bonchev–Trinajstić information content (AvgIpc) is 1.54. The molecule has 0 saturated carbocycles. The van der Waals surface area contributed by atoms with E-state index in [0.29, 0.717) is 0 Å². The molecule has 80 valence electrons. The number of hydrogen-bond donors (Lipinski definition) is 0. The van der Waals surface area contributed by atoms with Crippen molar-refractivity contribution < 1.29 is 45.0 Å². The van der Waals surface area contributed by atoms with Crippen molar-refractivity contribution in [3.63, 3.8) is 0 Å². The molecule has 0 aliphatic carbocycles. The van der Waals surface area contributed by atoms with Crippen molar-refractivity contribution in [3.05, 3.63) is 0 Å². The summed E-state index contributed by atoms with van der Waals surface area (Å²) in [5, 5.41) is 50.0. The van der Waals surface area contributed by atoms with Crippen LogP contribution in [0.1, 0.15) is 0 Å². The second-order valence-electron chi connectivity index (χ2n) is 0.750. The van der Waals surface area contributed by atoms with E-state index < -0.39 is 18.5 Å². The molecule has 12 heteroatoms. The zero-order valence-corrected chi connectivity index (χ0v) is 8.64. The van der Waals surface area contributed by atoms with Crippen LogP contribution in [0.5, 0.6) is 0 Å². The first kappa shape index (κ1) is 36.9. The Morgan fingerprint density at radius 3 is 0.533 bits per heavy atom. The van der Waals surface area contributed by atoms with Crippen LogP contribution in [0.2, 0.25) is 0 Å². The van der Waals surface area contributed by atoms with Crippen LogP contribution in [0.3, 0.4) is 0 Å². The van der Waals surface area contributed by atoms with Crippen molar-refractivity contribution >= 4 is 64.2 Å². The van der Waals surface area contributed by atoms with Crippen molar-refractivity contribution in [2.45, 2.75) is 0 Å². The number of carbonyl (C=O) groups is 3. The first-order chi connectivity index (χ1) is 5.20. The van der Waals surface area contributed by atoms with Gasteiger partial charge in [-0.2, -0.15) is 0 Å². The van der Waals surface area contributed by atoms with E-state index in [4.69, 9.17) is 45.0 Å². The van der Waals surface area contributed by atoms with Gasteiger partial charge in [0.15, 0.2) is 0 Å². The van der Waals surface area contributed by atoms with Gasteiger partial charge in [0, 0.05) is 0 Å². The van der Waals surface area contributed by atoms with Crippen LogP contribution in [0.15, 0.2) is 0 Å². The Morgan fingerprint density at radius 2 is 0.533 bits per heavy atom. The van der Waals surface area contributed by atoms with Gasteiger partial charge in [0.2, 0.25) is 0 Å². The molecule has 0 saturated heterocycles. The SMILES string of the molecule is O=C([O-])[O-].O=C([O-])[O-].O=C([O-])[O-].[Al+3].[Al+3].[SiH4]. The quantitative estimate of drug-likeness (QED) is 0.383. The molecule has 0 unspecified atom stereocenters. The van der Waals surface area contributed by atoms with Crippen molar-refractivity contribution in [2.24, 2.45) is 0 Å². The van der Waals surface area contributed by atoms with E-state index in [1.165, 1.54) is 0 Å². The molecule has 0 aromatic rings. The average molecular weight is 266 g/mol. The number of carbonyl (C=O) groups excluding carboxylic acids is 3. The minimum Gasteiger partial charge on any atom is -0.652 e. The Balaban J connectivity index is -0.0000000184. The Bertz CT molecular complexity index is 121. The number of hydrogen-bond acceptors (Lipinski definition) is 9. The van der Waals surface area contributed by atoms with E-state index in [0.717, 1.165) is 0 Å². The minimum absolute atomic E-state index is 0. The Labute approximate surface area is 109 Å². The molecule has 0 radical (unpaired) electrons. The summed E-state index contributed by atoms with van der Waals surface area (Å²) in [4.78, 5) is 25.0. The van der Waals surface area contributed by atoms with Crippen molar-refractivity contribution in [2.75, 3.05) is 0 Å². The monoisotopic (exact) mass is 266 g/mol. The molecule has 0 amide bonds. The zero-order chi connectivity index (χ0) is 10.7. The van der Waals surface area contributed by atoms with Gasteiger partial charge in [-0.25, -0.2) is 0 Å². The summed E-state index contributed by atoms with van der Waals surface area (Å²) in [5.41, 5.74) is 0. The third-order valence-corrected chi connectivity index (χ3v) is 0. The summed E-state index contributed by atoms with van der Waals surface area (Å²) in [6.07, 6.45) is -7.00. The molecule has 0 atom stereocenters. The van der Waals surface area contributed by atoms with Crippen LogP contribution >= 0.6 is 0 Å². The van der Waals surface area contributed by atoms with E-state index in [2.05, 4.69) is 0 Å². The van der Waals surface area contributed by atoms with Gasteiger partial charge in [0.1, 0.15) is 0 Å². The zero-order valence-electron chi connectivity index (χ0n) is 6.33. The molecule has 0 N–H and O–H groups in total. The molecule has 0 bridgehead atoms. The van der Waals surface area contributed by atoms with Gasteiger partial charge in [-0.3, -0.25) is 0 Å². The molecule has 0 heterocycles. The maximum atomic E-state index is 8.33. The normalized spacial score (nSPS) is 4.80. The van der Waals surface area contributed by atoms with Crippen molar-refractivity contribution in [1.29, 1.82) is 0 Å². The van der Waals surface area contributed by atoms with Crippen LogP contribution in [-0.4, -0.2) is 64.2 Å². The summed E-state index contributed by atoms with van der Waals surface area (Å²) >= 11 is 0. The number of rotatable bonds is 0. The summed E-state index contributed by atoms with van der Waals surface area (Å²) in [6.45, 7) is 0. The van der Waals surface area contributed by atoms with Gasteiger partial charge < -0.3 is 45.0 Å². The van der Waals surface area contributed by atoms with Crippen molar-refractivity contribution in [1.82, 2.24) is 0 Å². The fourth-order valence-electron chi connectivity index (χ4n) is 0. The Morgan fingerprint density at radius 1 is 0.533 bits per heavy atom. The summed E-state index contributed by atoms with van der Waals surface area (Å²) in [5.74, 6) is 0. The molecule has 15 heavy (non-hydrogen) atoms. The molecule has 0 spiro atoms. The standard InChI is InChI=1S/3CH2O3.2Al.H4Si/c3*2-1(3)4;;;/h3*(H2,2,3,4);;;1H4/q;;;2*+3;/p-6. The smallest absolute Gasteiger partial charge is 0.652 e. The fraction of sp³-hybridized carbons (Fsp3) is 0. The van der Waals surface area contributed by atoms with E-state index in [1.807, 2.05) is 0 Å². The minimum atomic E-state index is -2.33. The first-order valence-corrected chi connectivity index (χ1v) is 1.84. The van der Waals surface area contributed by atoms with E-state index >= 15 is 0 Å². The molecular weight excluding hydrogens is 262 g/mol. The van der Waals surface area contributed by atoms with Gasteiger partial charge >= 0.3 is 34.7 Å². The van der Waals surface area contributed by atoms with Crippen molar-refractivity contribution in [3.8, 4) is 0 Å². The molecule has 0 aromatic heterocycles.